The van der Waals surface area contributed by atoms with Gasteiger partial charge in [0.25, 0.3) is 0 Å². The van der Waals surface area contributed by atoms with Crippen LogP contribution in [0.15, 0.2) is 65.8 Å². The van der Waals surface area contributed by atoms with Crippen molar-refractivity contribution in [3.8, 4) is 28.5 Å². The van der Waals surface area contributed by atoms with E-state index in [4.69, 9.17) is 4.98 Å². The van der Waals surface area contributed by atoms with E-state index in [1.165, 1.54) is 0 Å². The zero-order valence-corrected chi connectivity index (χ0v) is 20.3. The number of rotatable bonds is 9. The molecule has 5 rings (SSSR count). The van der Waals surface area contributed by atoms with E-state index in [0.29, 0.717) is 23.8 Å². The first-order chi connectivity index (χ1) is 17.6. The molecular formula is C26H28N8O2. The number of tetrazole rings is 1. The molecule has 0 atom stereocenters. The molecule has 5 aromatic rings. The SMILES string of the molecule is CCCCc1cn(-c2c(CO)ccn2C)c(=O)n1Cc1ccc(-c2ccccc2-c2nnn[nH]2)nc1. The van der Waals surface area contributed by atoms with Gasteiger partial charge in [-0.05, 0) is 41.0 Å². The molecule has 0 aliphatic rings. The predicted molar refractivity (Wildman–Crippen MR) is 135 cm³/mol. The molecule has 0 saturated heterocycles. The number of imidazole rings is 1. The number of nitrogens with one attached hydrogen (secondary N) is 1. The maximum absolute atomic E-state index is 13.5. The Morgan fingerprint density at radius 2 is 1.92 bits per heavy atom. The normalized spacial score (nSPS) is 11.3. The van der Waals surface area contributed by atoms with E-state index < -0.39 is 0 Å². The van der Waals surface area contributed by atoms with E-state index in [1.807, 2.05) is 66.5 Å². The zero-order valence-electron chi connectivity index (χ0n) is 20.3. The van der Waals surface area contributed by atoms with Gasteiger partial charge in [-0.25, -0.2) is 9.89 Å². The van der Waals surface area contributed by atoms with Gasteiger partial charge in [-0.2, -0.15) is 0 Å². The molecular weight excluding hydrogens is 456 g/mol. The molecule has 10 nitrogen and oxygen atoms in total. The fraction of sp³-hybridized carbons (Fsp3) is 0.269. The van der Waals surface area contributed by atoms with Gasteiger partial charge < -0.3 is 9.67 Å². The summed E-state index contributed by atoms with van der Waals surface area (Å²) in [5, 5.41) is 24.0. The number of benzene rings is 1. The van der Waals surface area contributed by atoms with Crippen molar-refractivity contribution in [2.24, 2.45) is 7.05 Å². The molecule has 0 unspecified atom stereocenters. The third-order valence-corrected chi connectivity index (χ3v) is 6.34. The van der Waals surface area contributed by atoms with Crippen LogP contribution < -0.4 is 5.69 Å². The van der Waals surface area contributed by atoms with Gasteiger partial charge in [-0.15, -0.1) is 5.10 Å². The molecule has 0 amide bonds. The van der Waals surface area contributed by atoms with Gasteiger partial charge in [0.15, 0.2) is 5.82 Å². The largest absolute Gasteiger partial charge is 0.392 e. The minimum atomic E-state index is -0.134. The van der Waals surface area contributed by atoms with Gasteiger partial charge in [0.2, 0.25) is 0 Å². The van der Waals surface area contributed by atoms with Crippen LogP contribution in [0.4, 0.5) is 0 Å². The van der Waals surface area contributed by atoms with Crippen LogP contribution in [0.3, 0.4) is 0 Å². The van der Waals surface area contributed by atoms with Gasteiger partial charge in [-0.1, -0.05) is 43.7 Å². The highest BCUT2D eigenvalue weighted by molar-refractivity contribution is 5.78. The average Bonchev–Trinajstić information content (AvgIpc) is 3.64. The number of H-pyrrole nitrogens is 1. The van der Waals surface area contributed by atoms with Crippen molar-refractivity contribution >= 4 is 0 Å². The van der Waals surface area contributed by atoms with E-state index in [1.54, 1.807) is 15.3 Å². The molecule has 0 fully saturated rings. The fourth-order valence-electron chi connectivity index (χ4n) is 4.47. The lowest BCUT2D eigenvalue weighted by molar-refractivity contribution is 0.281. The number of unbranched alkanes of at least 4 members (excludes halogenated alkanes) is 1. The van der Waals surface area contributed by atoms with Gasteiger partial charge in [0, 0.05) is 48.0 Å². The van der Waals surface area contributed by atoms with Crippen LogP contribution >= 0.6 is 0 Å². The Balaban J connectivity index is 1.48. The Morgan fingerprint density at radius 3 is 2.61 bits per heavy atom. The van der Waals surface area contributed by atoms with Gasteiger partial charge in [0.05, 0.1) is 18.8 Å². The van der Waals surface area contributed by atoms with E-state index in [-0.39, 0.29) is 12.3 Å². The Kier molecular flexibility index (Phi) is 6.59. The van der Waals surface area contributed by atoms with Crippen LogP contribution in [-0.2, 0) is 26.6 Å². The molecule has 0 saturated carbocycles. The van der Waals surface area contributed by atoms with E-state index in [9.17, 15) is 9.90 Å². The zero-order chi connectivity index (χ0) is 25.1. The van der Waals surface area contributed by atoms with Crippen molar-refractivity contribution in [1.82, 2.24) is 39.3 Å². The van der Waals surface area contributed by atoms with Crippen molar-refractivity contribution in [2.45, 2.75) is 39.3 Å². The second kappa shape index (κ2) is 10.1. The molecule has 2 N–H and O–H groups in total. The van der Waals surface area contributed by atoms with Crippen molar-refractivity contribution in [3.63, 3.8) is 0 Å². The van der Waals surface area contributed by atoms with E-state index in [2.05, 4.69) is 27.5 Å². The van der Waals surface area contributed by atoms with Crippen LogP contribution in [0.1, 0.15) is 36.6 Å². The van der Waals surface area contributed by atoms with Crippen molar-refractivity contribution in [3.05, 3.63) is 88.4 Å². The number of hydrogen-bond donors (Lipinski definition) is 2. The van der Waals surface area contributed by atoms with Crippen LogP contribution in [0.5, 0.6) is 0 Å². The minimum absolute atomic E-state index is 0.130. The second-order valence-electron chi connectivity index (χ2n) is 8.74. The summed E-state index contributed by atoms with van der Waals surface area (Å²) >= 11 is 0. The molecule has 10 heteroatoms. The van der Waals surface area contributed by atoms with Crippen LogP contribution in [0.25, 0.3) is 28.5 Å². The highest BCUT2D eigenvalue weighted by Crippen LogP contribution is 2.28. The fourth-order valence-corrected chi connectivity index (χ4v) is 4.47. The number of aliphatic hydroxyl groups excluding tert-OH is 1. The maximum Gasteiger partial charge on any atom is 0.334 e. The summed E-state index contributed by atoms with van der Waals surface area (Å²) in [6.45, 7) is 2.41. The maximum atomic E-state index is 13.5. The molecule has 0 radical (unpaired) electrons. The number of pyridine rings is 1. The molecule has 184 valence electrons. The highest BCUT2D eigenvalue weighted by Gasteiger charge is 2.18. The number of aliphatic hydroxyl groups is 1. The predicted octanol–water partition coefficient (Wildman–Crippen LogP) is 3.10. The monoisotopic (exact) mass is 484 g/mol. The summed E-state index contributed by atoms with van der Waals surface area (Å²) in [6.07, 6.45) is 8.36. The number of aryl methyl sites for hydroxylation is 2. The summed E-state index contributed by atoms with van der Waals surface area (Å²) in [7, 11) is 1.87. The Bertz CT molecular complexity index is 1510. The Hall–Kier alpha value is -4.31. The molecule has 0 bridgehead atoms. The molecule has 0 spiro atoms. The highest BCUT2D eigenvalue weighted by atomic mass is 16.3. The lowest BCUT2D eigenvalue weighted by Crippen LogP contribution is -2.26. The van der Waals surface area contributed by atoms with Gasteiger partial charge in [-0.3, -0.25) is 14.1 Å². The number of hydrogen-bond acceptors (Lipinski definition) is 6. The number of aromatic amines is 1. The summed E-state index contributed by atoms with van der Waals surface area (Å²) in [6, 6.07) is 13.6. The van der Waals surface area contributed by atoms with E-state index >= 15 is 0 Å². The molecule has 0 aliphatic heterocycles. The van der Waals surface area contributed by atoms with Crippen molar-refractivity contribution in [1.29, 1.82) is 0 Å². The van der Waals surface area contributed by atoms with Gasteiger partial charge >= 0.3 is 5.69 Å². The first kappa shape index (κ1) is 23.4. The summed E-state index contributed by atoms with van der Waals surface area (Å²) in [5.41, 5.74) is 5.02. The van der Waals surface area contributed by atoms with Gasteiger partial charge in [0.1, 0.15) is 5.82 Å². The quantitative estimate of drug-likeness (QED) is 0.332. The number of nitrogens with zero attached hydrogens (tertiary/aromatic N) is 7. The molecule has 1 aromatic carbocycles. The van der Waals surface area contributed by atoms with Crippen LogP contribution in [0.2, 0.25) is 0 Å². The third kappa shape index (κ3) is 4.38. The molecule has 0 aliphatic carbocycles. The molecule has 4 heterocycles. The number of aromatic nitrogens is 8. The Morgan fingerprint density at radius 1 is 1.08 bits per heavy atom. The minimum Gasteiger partial charge on any atom is -0.392 e. The smallest absolute Gasteiger partial charge is 0.334 e. The first-order valence-electron chi connectivity index (χ1n) is 12.0. The van der Waals surface area contributed by atoms with Crippen LogP contribution in [-0.4, -0.2) is 44.4 Å². The topological polar surface area (TPSA) is 119 Å². The first-order valence-corrected chi connectivity index (χ1v) is 12.0. The average molecular weight is 485 g/mol. The molecule has 4 aromatic heterocycles. The second-order valence-corrected chi connectivity index (χ2v) is 8.74. The lowest BCUT2D eigenvalue weighted by atomic mass is 10.0. The summed E-state index contributed by atoms with van der Waals surface area (Å²) < 4.78 is 5.30. The standard InChI is InChI=1S/C26H28N8O2/c1-3-4-7-20-16-34(25-19(17-35)12-13-32(25)2)26(36)33(20)15-18-10-11-23(27-14-18)21-8-5-6-9-22(21)24-28-30-31-29-24/h5-6,8-14,16,35H,3-4,7,15,17H2,1-2H3,(H,28,29,30,31). The van der Waals surface area contributed by atoms with Crippen LogP contribution in [0, 0.1) is 0 Å². The lowest BCUT2D eigenvalue weighted by Gasteiger charge is -2.09. The summed E-state index contributed by atoms with van der Waals surface area (Å²) in [4.78, 5) is 18.2. The van der Waals surface area contributed by atoms with E-state index in [0.717, 1.165) is 47.3 Å². The molecule has 36 heavy (non-hydrogen) atoms. The summed E-state index contributed by atoms with van der Waals surface area (Å²) in [5.74, 6) is 1.26. The van der Waals surface area contributed by atoms with Crippen molar-refractivity contribution in [2.75, 3.05) is 0 Å². The third-order valence-electron chi connectivity index (χ3n) is 6.34. The van der Waals surface area contributed by atoms with Crippen molar-refractivity contribution < 1.29 is 5.11 Å². The Labute approximate surface area is 207 Å².